The van der Waals surface area contributed by atoms with Gasteiger partial charge in [0.1, 0.15) is 11.6 Å². The highest BCUT2D eigenvalue weighted by atomic mass is 15.0. The molecule has 0 radical (unpaired) electrons. The van der Waals surface area contributed by atoms with Crippen LogP contribution in [0.25, 0.3) is 0 Å². The van der Waals surface area contributed by atoms with Gasteiger partial charge in [-0.05, 0) is 33.3 Å². The molecule has 4 heteroatoms. The fourth-order valence-electron chi connectivity index (χ4n) is 1.41. The van der Waals surface area contributed by atoms with E-state index >= 15 is 0 Å². The van der Waals surface area contributed by atoms with Gasteiger partial charge in [-0.3, -0.25) is 0 Å². The van der Waals surface area contributed by atoms with Gasteiger partial charge in [0.2, 0.25) is 0 Å². The third kappa shape index (κ3) is 3.70. The maximum Gasteiger partial charge on any atom is 0.129 e. The zero-order valence-corrected chi connectivity index (χ0v) is 8.99. The summed E-state index contributed by atoms with van der Waals surface area (Å²) in [6, 6.07) is 2.41. The number of anilines is 1. The summed E-state index contributed by atoms with van der Waals surface area (Å²) in [6.07, 6.45) is 2.69. The third-order valence-electron chi connectivity index (χ3n) is 1.90. The number of aromatic nitrogens is 2. The van der Waals surface area contributed by atoms with Crippen LogP contribution in [0.5, 0.6) is 0 Å². The highest BCUT2D eigenvalue weighted by Crippen LogP contribution is 2.06. The van der Waals surface area contributed by atoms with Crippen LogP contribution in [-0.4, -0.2) is 22.1 Å². The second kappa shape index (κ2) is 4.91. The van der Waals surface area contributed by atoms with E-state index in [0.717, 1.165) is 18.1 Å². The Labute approximate surface area is 85.0 Å². The molecule has 1 rings (SSSR count). The second-order valence-electron chi connectivity index (χ2n) is 3.75. The van der Waals surface area contributed by atoms with Crippen molar-refractivity contribution < 1.29 is 0 Å². The summed E-state index contributed by atoms with van der Waals surface area (Å²) in [5.74, 6) is 1.65. The molecule has 3 N–H and O–H groups in total. The van der Waals surface area contributed by atoms with Crippen molar-refractivity contribution in [3.8, 4) is 0 Å². The topological polar surface area (TPSA) is 63.8 Å². The number of hydrogen-bond donors (Lipinski definition) is 2. The largest absolute Gasteiger partial charge is 0.367 e. The van der Waals surface area contributed by atoms with E-state index in [1.54, 1.807) is 6.20 Å². The van der Waals surface area contributed by atoms with Gasteiger partial charge in [-0.1, -0.05) is 0 Å². The van der Waals surface area contributed by atoms with Crippen molar-refractivity contribution in [3.05, 3.63) is 18.1 Å². The molecule has 1 heterocycles. The molecule has 2 atom stereocenters. The Kier molecular flexibility index (Phi) is 3.83. The standard InChI is InChI=1S/C10H18N4/c1-7(11)6-8(2)13-10-4-5-12-9(3)14-10/h4-5,7-8H,6,11H2,1-3H3,(H,12,13,14). The average Bonchev–Trinajstić information content (AvgIpc) is 2.01. The Morgan fingerprint density at radius 3 is 2.79 bits per heavy atom. The van der Waals surface area contributed by atoms with E-state index in [1.807, 2.05) is 19.9 Å². The number of hydrogen-bond acceptors (Lipinski definition) is 4. The zero-order chi connectivity index (χ0) is 10.6. The van der Waals surface area contributed by atoms with Crippen molar-refractivity contribution in [2.24, 2.45) is 5.73 Å². The lowest BCUT2D eigenvalue weighted by atomic mass is 10.1. The number of nitrogens with two attached hydrogens (primary N) is 1. The lowest BCUT2D eigenvalue weighted by molar-refractivity contribution is 0.603. The molecule has 0 bridgehead atoms. The van der Waals surface area contributed by atoms with Gasteiger partial charge in [0, 0.05) is 18.3 Å². The Morgan fingerprint density at radius 2 is 2.21 bits per heavy atom. The molecule has 1 aromatic rings. The molecule has 1 aromatic heterocycles. The van der Waals surface area contributed by atoms with E-state index in [0.29, 0.717) is 6.04 Å². The fourth-order valence-corrected chi connectivity index (χ4v) is 1.41. The van der Waals surface area contributed by atoms with Crippen LogP contribution in [0.3, 0.4) is 0 Å². The molecule has 2 unspecified atom stereocenters. The van der Waals surface area contributed by atoms with E-state index in [2.05, 4.69) is 22.2 Å². The van der Waals surface area contributed by atoms with Crippen LogP contribution in [0.15, 0.2) is 12.3 Å². The highest BCUT2D eigenvalue weighted by molar-refractivity contribution is 5.33. The van der Waals surface area contributed by atoms with Crippen LogP contribution < -0.4 is 11.1 Å². The van der Waals surface area contributed by atoms with E-state index in [4.69, 9.17) is 5.73 Å². The van der Waals surface area contributed by atoms with Crippen LogP contribution >= 0.6 is 0 Å². The van der Waals surface area contributed by atoms with Crippen molar-refractivity contribution in [1.82, 2.24) is 9.97 Å². The van der Waals surface area contributed by atoms with Crippen molar-refractivity contribution in [1.29, 1.82) is 0 Å². The first-order valence-electron chi connectivity index (χ1n) is 4.89. The lowest BCUT2D eigenvalue weighted by Crippen LogP contribution is -2.26. The summed E-state index contributed by atoms with van der Waals surface area (Å²) in [5, 5.41) is 3.28. The van der Waals surface area contributed by atoms with E-state index in [-0.39, 0.29) is 6.04 Å². The summed E-state index contributed by atoms with van der Waals surface area (Å²) < 4.78 is 0. The molecule has 0 saturated carbocycles. The summed E-state index contributed by atoms with van der Waals surface area (Å²) >= 11 is 0. The number of nitrogens with one attached hydrogen (secondary N) is 1. The maximum absolute atomic E-state index is 5.70. The molecule has 78 valence electrons. The zero-order valence-electron chi connectivity index (χ0n) is 8.99. The molecule has 0 fully saturated rings. The first kappa shape index (κ1) is 10.9. The minimum atomic E-state index is 0.209. The quantitative estimate of drug-likeness (QED) is 0.758. The van der Waals surface area contributed by atoms with Crippen LogP contribution in [-0.2, 0) is 0 Å². The summed E-state index contributed by atoms with van der Waals surface area (Å²) in [5.41, 5.74) is 5.70. The molecule has 0 aliphatic rings. The normalized spacial score (nSPS) is 14.9. The minimum Gasteiger partial charge on any atom is -0.367 e. The molecule has 0 aliphatic carbocycles. The highest BCUT2D eigenvalue weighted by Gasteiger charge is 2.05. The molecule has 0 amide bonds. The number of nitrogens with zero attached hydrogens (tertiary/aromatic N) is 2. The third-order valence-corrected chi connectivity index (χ3v) is 1.90. The van der Waals surface area contributed by atoms with Crippen LogP contribution in [0.2, 0.25) is 0 Å². The van der Waals surface area contributed by atoms with Crippen molar-refractivity contribution in [2.45, 2.75) is 39.3 Å². The molecule has 0 aliphatic heterocycles. The van der Waals surface area contributed by atoms with Gasteiger partial charge in [-0.15, -0.1) is 0 Å². The molecular weight excluding hydrogens is 176 g/mol. The van der Waals surface area contributed by atoms with Crippen LogP contribution in [0, 0.1) is 6.92 Å². The van der Waals surface area contributed by atoms with E-state index < -0.39 is 0 Å². The maximum atomic E-state index is 5.70. The smallest absolute Gasteiger partial charge is 0.129 e. The van der Waals surface area contributed by atoms with Crippen molar-refractivity contribution >= 4 is 5.82 Å². The first-order valence-corrected chi connectivity index (χ1v) is 4.89. The van der Waals surface area contributed by atoms with Gasteiger partial charge < -0.3 is 11.1 Å². The van der Waals surface area contributed by atoms with Gasteiger partial charge in [-0.2, -0.15) is 0 Å². The van der Waals surface area contributed by atoms with E-state index in [9.17, 15) is 0 Å². The second-order valence-corrected chi connectivity index (χ2v) is 3.75. The van der Waals surface area contributed by atoms with Crippen LogP contribution in [0.4, 0.5) is 5.82 Å². The van der Waals surface area contributed by atoms with Crippen molar-refractivity contribution in [2.75, 3.05) is 5.32 Å². The van der Waals surface area contributed by atoms with Gasteiger partial charge >= 0.3 is 0 Å². The van der Waals surface area contributed by atoms with Gasteiger partial charge in [0.15, 0.2) is 0 Å². The minimum absolute atomic E-state index is 0.209. The number of rotatable bonds is 4. The Bertz CT molecular complexity index is 285. The predicted molar refractivity (Wildman–Crippen MR) is 58.1 cm³/mol. The lowest BCUT2D eigenvalue weighted by Gasteiger charge is -2.16. The number of aryl methyl sites for hydroxylation is 1. The SMILES string of the molecule is Cc1nccc(NC(C)CC(C)N)n1. The Morgan fingerprint density at radius 1 is 1.50 bits per heavy atom. The Hall–Kier alpha value is -1.16. The molecule has 0 saturated heterocycles. The summed E-state index contributed by atoms with van der Waals surface area (Å²) in [4.78, 5) is 8.29. The van der Waals surface area contributed by atoms with Gasteiger partial charge in [-0.25, -0.2) is 9.97 Å². The van der Waals surface area contributed by atoms with Crippen molar-refractivity contribution in [3.63, 3.8) is 0 Å². The molecule has 4 nitrogen and oxygen atoms in total. The summed E-state index contributed by atoms with van der Waals surface area (Å²) in [6.45, 7) is 5.98. The molecule has 0 aromatic carbocycles. The Balaban J connectivity index is 2.51. The van der Waals surface area contributed by atoms with E-state index in [1.165, 1.54) is 0 Å². The average molecular weight is 194 g/mol. The molecular formula is C10H18N4. The predicted octanol–water partition coefficient (Wildman–Crippen LogP) is 1.32. The van der Waals surface area contributed by atoms with Gasteiger partial charge in [0.05, 0.1) is 0 Å². The monoisotopic (exact) mass is 194 g/mol. The molecule has 0 spiro atoms. The molecule has 14 heavy (non-hydrogen) atoms. The first-order chi connectivity index (χ1) is 6.58. The fraction of sp³-hybridized carbons (Fsp3) is 0.600. The van der Waals surface area contributed by atoms with Crippen LogP contribution in [0.1, 0.15) is 26.1 Å². The van der Waals surface area contributed by atoms with Gasteiger partial charge in [0.25, 0.3) is 0 Å². The summed E-state index contributed by atoms with van der Waals surface area (Å²) in [7, 11) is 0.